The van der Waals surface area contributed by atoms with Gasteiger partial charge in [0.2, 0.25) is 23.8 Å². The number of nitrogens with one attached hydrogen (secondary N) is 8. The molecule has 0 aliphatic rings. The number of Topliss-reactive ketones (excluding diaryl/α,β-unsaturated/α-hetero) is 4. The lowest BCUT2D eigenvalue weighted by atomic mass is 10.2. The molecule has 0 amide bonds. The van der Waals surface area contributed by atoms with Gasteiger partial charge in [-0.05, 0) is 91.5 Å². The molecule has 49 heteroatoms. The molecule has 0 fully saturated rings. The van der Waals surface area contributed by atoms with E-state index in [0.29, 0.717) is 47.9 Å². The Morgan fingerprint density at radius 1 is 0.383 bits per heavy atom. The van der Waals surface area contributed by atoms with E-state index in [1.54, 1.807) is 70.2 Å². The van der Waals surface area contributed by atoms with Crippen molar-refractivity contribution in [2.24, 2.45) is 0 Å². The molecule has 8 atom stereocenters. The van der Waals surface area contributed by atoms with Gasteiger partial charge in [-0.3, -0.25) is 76.6 Å². The van der Waals surface area contributed by atoms with Gasteiger partial charge < -0.3 is 78.2 Å². The fourth-order valence-corrected chi connectivity index (χ4v) is 18.1. The van der Waals surface area contributed by atoms with Crippen LogP contribution in [-0.2, 0) is 127 Å². The monoisotopic (exact) mass is 1850 g/mol. The van der Waals surface area contributed by atoms with Crippen molar-refractivity contribution in [3.05, 3.63) is 215 Å². The number of ether oxygens (including phenoxy) is 4. The van der Waals surface area contributed by atoms with E-state index in [9.17, 15) is 56.6 Å². The summed E-state index contributed by atoms with van der Waals surface area (Å²) in [6.07, 6.45) is 4.82. The second-order valence-electron chi connectivity index (χ2n) is 29.3. The Balaban J connectivity index is 0.000000193. The number of hydrogen-bond donors (Lipinski definition) is 12. The molecule has 0 aliphatic carbocycles. The number of carbonyl (C=O) groups is 4. The number of fused-ring (bicyclic) bond motifs is 4. The Bertz CT molecular complexity index is 6130. The maximum Gasteiger partial charge on any atom is 0.295 e. The number of aryl methyl sites for hydroxylation is 2. The number of nitrogens with two attached hydrogens (primary N) is 4. The van der Waals surface area contributed by atoms with Crippen molar-refractivity contribution in [2.75, 3.05) is 74.8 Å². The first-order chi connectivity index (χ1) is 60.8. The zero-order chi connectivity index (χ0) is 93.0. The van der Waals surface area contributed by atoms with Gasteiger partial charge in [-0.15, -0.1) is 0 Å². The van der Waals surface area contributed by atoms with Crippen molar-refractivity contribution in [1.82, 2.24) is 98.4 Å². The standard InChI is InChI=1S/C20H24N7O5P.2C20H27N6O5P.C19H25N6O5P/c1-13(14(2)28)26-33(30,32-10-15-4-6-16(22-3)7-5-15)12-31-9-8-27-11-23-17-18(27)24-20(21)25-19(17)29;2*1-13-4-6-16(7-5-13)10-31-32(29,25-14(2)15(3)27)12-30-9-8-26-11-22-17-18(26)23-20(21)24-19(17)28;1-13(14(2)26)24-31(28,30-10-15-6-4-3-5-7-15)12-29-9-8-25-11-21-16-17(25)22-19(20)23-18(16)27/h4-7,11,13H,8-10,12H2,1-2H3,(H,26,30)(H3,21,24,25,29);2*4-7,11,14H,8-10,12H2,1-3H3,(H,25,29)(H3,21,23,24,28);3-7,11,13H,8-10,12H2,1-2H3,(H,24,28)(H3,20,22,23,27)/t13-,33?;2*14-,32?;13-,31?/m0000/s1. The minimum absolute atomic E-state index is 0.00861. The number of nitrogen functional groups attached to an aromatic ring is 4. The number of H-pyrrole nitrogens is 4. The first-order valence-electron chi connectivity index (χ1n) is 39.6. The molecule has 0 saturated carbocycles. The largest absolute Gasteiger partial charge is 0.369 e. The van der Waals surface area contributed by atoms with Crippen molar-refractivity contribution < 1.29 is 74.5 Å². The summed E-state index contributed by atoms with van der Waals surface area (Å²) in [5.74, 6) is -0.753. The number of aromatic nitrogens is 16. The Kier molecular flexibility index (Phi) is 36.4. The Hall–Kier alpha value is -11.9. The Morgan fingerprint density at radius 3 is 0.836 bits per heavy atom. The lowest BCUT2D eigenvalue weighted by Crippen LogP contribution is -2.32. The highest BCUT2D eigenvalue weighted by Crippen LogP contribution is 2.47. The molecule has 4 unspecified atom stereocenters. The maximum absolute atomic E-state index is 13.3. The van der Waals surface area contributed by atoms with Gasteiger partial charge in [0.25, 0.3) is 52.3 Å². The molecular formula is C79H103N25O20P4. The summed E-state index contributed by atoms with van der Waals surface area (Å²) in [4.78, 5) is 139. The highest BCUT2D eigenvalue weighted by Gasteiger charge is 2.33. The molecule has 8 heterocycles. The van der Waals surface area contributed by atoms with E-state index in [2.05, 4.69) is 85.0 Å². The van der Waals surface area contributed by atoms with Crippen LogP contribution in [0.4, 0.5) is 29.5 Å². The second kappa shape index (κ2) is 46.7. The van der Waals surface area contributed by atoms with Crippen LogP contribution in [0, 0.1) is 20.4 Å². The van der Waals surface area contributed by atoms with Gasteiger partial charge in [-0.2, -0.15) is 19.9 Å². The van der Waals surface area contributed by atoms with Crippen LogP contribution < -0.4 is 65.5 Å². The summed E-state index contributed by atoms with van der Waals surface area (Å²) in [5.41, 5.74) is 28.6. The molecular weight excluding hydrogens is 1740 g/mol. The first kappa shape index (κ1) is 99.9. The highest BCUT2D eigenvalue weighted by molar-refractivity contribution is 7.57. The summed E-state index contributed by atoms with van der Waals surface area (Å²) >= 11 is 0. The molecule has 684 valence electrons. The minimum Gasteiger partial charge on any atom is -0.369 e. The molecule has 0 radical (unpaired) electrons. The zero-order valence-corrected chi connectivity index (χ0v) is 75.4. The van der Waals surface area contributed by atoms with Crippen LogP contribution in [0.25, 0.3) is 49.5 Å². The van der Waals surface area contributed by atoms with Crippen LogP contribution in [0.15, 0.2) is 148 Å². The molecule has 0 aliphatic heterocycles. The molecule has 0 bridgehead atoms. The molecule has 16 N–H and O–H groups in total. The van der Waals surface area contributed by atoms with E-state index in [0.717, 1.165) is 33.4 Å². The van der Waals surface area contributed by atoms with Crippen LogP contribution in [0.1, 0.15) is 88.8 Å². The summed E-state index contributed by atoms with van der Waals surface area (Å²) < 4.78 is 105. The highest BCUT2D eigenvalue weighted by atomic mass is 31.2. The quantitative estimate of drug-likeness (QED) is 0.00984. The smallest absolute Gasteiger partial charge is 0.295 e. The SMILES string of the molecule is CC(=O)[C@H](C)NP(=O)(COCCn1cnc2c(=O)[nH]c(N)nc21)OCc1ccc(C)cc1.CC(=O)[C@H](C)NP(=O)(COCCn1cnc2c(=O)[nH]c(N)nc21)OCc1ccc(C)cc1.CC(=O)[C@H](C)NP(=O)(COCCn1cnc2c(=O)[nH]c(N)nc21)OCc1ccccc1.[C-]#[N+]c1ccc(COP(=O)(COCCn2cnc3c(=O)[nH]c(N)nc32)N[C@@H](C)C(C)=O)cc1. The number of hydrogen-bond acceptors (Lipinski definition) is 32. The van der Waals surface area contributed by atoms with Crippen LogP contribution >= 0.6 is 30.1 Å². The summed E-state index contributed by atoms with van der Waals surface area (Å²) in [6, 6.07) is 28.6. The van der Waals surface area contributed by atoms with Gasteiger partial charge >= 0.3 is 0 Å². The summed E-state index contributed by atoms with van der Waals surface area (Å²) in [6.45, 7) is 25.1. The van der Waals surface area contributed by atoms with E-state index >= 15 is 0 Å². The topological polar surface area (TPSA) is 621 Å². The number of rotatable bonds is 44. The van der Waals surface area contributed by atoms with Gasteiger partial charge in [-0.25, -0.2) is 45.1 Å². The molecule has 0 spiro atoms. The first-order valence-corrected chi connectivity index (χ1v) is 46.9. The van der Waals surface area contributed by atoms with Crippen molar-refractivity contribution in [3.63, 3.8) is 0 Å². The molecule has 45 nitrogen and oxygen atoms in total. The van der Waals surface area contributed by atoms with Crippen molar-refractivity contribution >= 4 is 127 Å². The third-order valence-corrected chi connectivity index (χ3v) is 26.2. The molecule has 4 aromatic carbocycles. The molecule has 128 heavy (non-hydrogen) atoms. The zero-order valence-electron chi connectivity index (χ0n) is 71.8. The molecule has 0 saturated heterocycles. The van der Waals surface area contributed by atoms with E-state index in [4.69, 9.17) is 66.5 Å². The number of carbonyl (C=O) groups excluding carboxylic acids is 4. The van der Waals surface area contributed by atoms with E-state index in [-0.39, 0.29) is 154 Å². The van der Waals surface area contributed by atoms with Crippen LogP contribution in [0.3, 0.4) is 0 Å². The molecule has 12 aromatic rings. The number of imidazole rings is 4. The van der Waals surface area contributed by atoms with Crippen molar-refractivity contribution in [3.8, 4) is 0 Å². The van der Waals surface area contributed by atoms with Gasteiger partial charge in [0.1, 0.15) is 48.5 Å². The fourth-order valence-electron chi connectivity index (χ4n) is 11.2. The third kappa shape index (κ3) is 30.1. The average molecular weight is 1850 g/mol. The maximum atomic E-state index is 13.3. The van der Waals surface area contributed by atoms with E-state index in [1.807, 2.05) is 92.7 Å². The third-order valence-electron chi connectivity index (χ3n) is 18.8. The summed E-state index contributed by atoms with van der Waals surface area (Å²) in [5, 5.41) is 11.1. The summed E-state index contributed by atoms with van der Waals surface area (Å²) in [7, 11) is -14.0. The number of ketones is 4. The lowest BCUT2D eigenvalue weighted by Gasteiger charge is -2.22. The number of nitrogens with zero attached hydrogens (tertiary/aromatic N) is 13. The normalized spacial score (nSPS) is 14.3. The van der Waals surface area contributed by atoms with Crippen molar-refractivity contribution in [1.29, 1.82) is 0 Å². The van der Waals surface area contributed by atoms with Gasteiger partial charge in [0.05, 0.1) is 109 Å². The van der Waals surface area contributed by atoms with Crippen LogP contribution in [0.5, 0.6) is 0 Å². The molecule has 12 rings (SSSR count). The number of benzene rings is 4. The van der Waals surface area contributed by atoms with Crippen LogP contribution in [0.2, 0.25) is 0 Å². The Labute approximate surface area is 732 Å². The predicted molar refractivity (Wildman–Crippen MR) is 478 cm³/mol. The van der Waals surface area contributed by atoms with E-state index < -0.39 is 76.5 Å². The van der Waals surface area contributed by atoms with Crippen molar-refractivity contribution in [2.45, 2.75) is 146 Å². The minimum atomic E-state index is -3.55. The van der Waals surface area contributed by atoms with E-state index in [1.165, 1.54) is 53.0 Å². The van der Waals surface area contributed by atoms with Gasteiger partial charge in [0.15, 0.2) is 50.3 Å². The second-order valence-corrected chi connectivity index (χ2v) is 37.7. The number of anilines is 4. The number of aromatic amines is 4. The Morgan fingerprint density at radius 2 is 0.609 bits per heavy atom. The fraction of sp³-hybridized carbons (Fsp3) is 0.380. The predicted octanol–water partition coefficient (Wildman–Crippen LogP) is 7.78. The average Bonchev–Trinajstić information content (AvgIpc) is 1.67. The lowest BCUT2D eigenvalue weighted by molar-refractivity contribution is -0.119. The van der Waals surface area contributed by atoms with Gasteiger partial charge in [0, 0.05) is 26.2 Å². The molecule has 8 aromatic heterocycles. The van der Waals surface area contributed by atoms with Gasteiger partial charge in [-0.1, -0.05) is 114 Å². The van der Waals surface area contributed by atoms with Crippen LogP contribution in [-0.4, -0.2) is 177 Å².